The molecule has 0 bridgehead atoms. The average Bonchev–Trinajstić information content (AvgIpc) is 2.80. The van der Waals surface area contributed by atoms with Gasteiger partial charge >= 0.3 is 0 Å². The number of hydrogen-bond donors (Lipinski definition) is 2. The van der Waals surface area contributed by atoms with Gasteiger partial charge in [0.2, 0.25) is 0 Å². The van der Waals surface area contributed by atoms with Crippen molar-refractivity contribution in [1.29, 1.82) is 10.8 Å². The van der Waals surface area contributed by atoms with Crippen LogP contribution in [-0.2, 0) is 4.79 Å². The fraction of sp³-hybridized carbons (Fsp3) is 0.263. The third kappa shape index (κ3) is 3.10. The molecule has 0 spiro atoms. The number of aryl methyl sites for hydroxylation is 1. The molecule has 0 aliphatic carbocycles. The van der Waals surface area contributed by atoms with Crippen LogP contribution in [0.3, 0.4) is 0 Å². The molecular weight excluding hydrogens is 368 g/mol. The van der Waals surface area contributed by atoms with E-state index in [-0.39, 0.29) is 18.1 Å². The number of benzene rings is 1. The lowest BCUT2D eigenvalue weighted by Gasteiger charge is -2.24. The van der Waals surface area contributed by atoms with Gasteiger partial charge in [-0.25, -0.2) is 0 Å². The summed E-state index contributed by atoms with van der Waals surface area (Å²) in [5.74, 6) is 0.386. The monoisotopic (exact) mass is 386 g/mol. The summed E-state index contributed by atoms with van der Waals surface area (Å²) >= 11 is 7.57. The Morgan fingerprint density at radius 3 is 2.58 bits per heavy atom. The molecule has 1 aliphatic rings. The number of thiophene rings is 1. The standard InChI is InChI=1S/C19H19ClN4OS/c1-10-11(2)26-19-16(10)17(13-4-6-14(20)7-5-13)23-15(8-9-25)18(22)24(19)12(3)21/h4-7,9,15,21-22H,8H2,1-3H3/t15-/m0/s1. The molecule has 3 rings (SSSR count). The molecule has 1 aliphatic heterocycles. The molecule has 2 N–H and O–H groups in total. The number of carbonyl (C=O) groups excluding carboxylic acids is 1. The molecule has 2 aromatic rings. The highest BCUT2D eigenvalue weighted by atomic mass is 35.5. The predicted octanol–water partition coefficient (Wildman–Crippen LogP) is 4.61. The molecule has 0 saturated heterocycles. The van der Waals surface area contributed by atoms with Crippen molar-refractivity contribution in [3.63, 3.8) is 0 Å². The number of amidine groups is 2. The summed E-state index contributed by atoms with van der Waals surface area (Å²) in [6.45, 7) is 5.70. The van der Waals surface area contributed by atoms with Gasteiger partial charge in [-0.2, -0.15) is 0 Å². The minimum Gasteiger partial charge on any atom is -0.303 e. The molecule has 0 unspecified atom stereocenters. The lowest BCUT2D eigenvalue weighted by molar-refractivity contribution is -0.107. The van der Waals surface area contributed by atoms with E-state index in [0.29, 0.717) is 5.02 Å². The Balaban J connectivity index is 2.32. The van der Waals surface area contributed by atoms with Gasteiger partial charge in [0, 0.05) is 27.4 Å². The van der Waals surface area contributed by atoms with Crippen molar-refractivity contribution in [3.05, 3.63) is 50.9 Å². The molecule has 26 heavy (non-hydrogen) atoms. The van der Waals surface area contributed by atoms with Gasteiger partial charge in [-0.05, 0) is 38.5 Å². The summed E-state index contributed by atoms with van der Waals surface area (Å²) in [4.78, 5) is 18.7. The van der Waals surface area contributed by atoms with Gasteiger partial charge in [0.1, 0.15) is 29.0 Å². The van der Waals surface area contributed by atoms with Crippen LogP contribution >= 0.6 is 22.9 Å². The van der Waals surface area contributed by atoms with Crippen molar-refractivity contribution in [2.75, 3.05) is 4.90 Å². The molecule has 2 heterocycles. The van der Waals surface area contributed by atoms with Crippen LogP contribution in [0.2, 0.25) is 5.02 Å². The van der Waals surface area contributed by atoms with Crippen LogP contribution in [0.1, 0.15) is 34.9 Å². The number of anilines is 1. The third-order valence-corrected chi connectivity index (χ3v) is 5.87. The van der Waals surface area contributed by atoms with E-state index in [0.717, 1.165) is 38.6 Å². The van der Waals surface area contributed by atoms with E-state index in [4.69, 9.17) is 27.4 Å². The third-order valence-electron chi connectivity index (χ3n) is 4.42. The SMILES string of the molecule is CC(=N)N1C(=N)[C@H](CC=O)N=C(c2ccc(Cl)cc2)c2c1sc(C)c2C. The highest BCUT2D eigenvalue weighted by Gasteiger charge is 2.33. The van der Waals surface area contributed by atoms with Gasteiger partial charge in [0.05, 0.1) is 5.71 Å². The number of carbonyl (C=O) groups is 1. The Bertz CT molecular complexity index is 930. The Labute approximate surface area is 161 Å². The van der Waals surface area contributed by atoms with Crippen molar-refractivity contribution in [2.45, 2.75) is 33.2 Å². The number of aldehydes is 1. The van der Waals surface area contributed by atoms with E-state index in [2.05, 4.69) is 0 Å². The quantitative estimate of drug-likeness (QED) is 0.459. The van der Waals surface area contributed by atoms with E-state index >= 15 is 0 Å². The zero-order valence-electron chi connectivity index (χ0n) is 14.8. The Hall–Kier alpha value is -2.31. The fourth-order valence-corrected chi connectivity index (χ4v) is 4.35. The molecule has 1 aromatic heterocycles. The molecule has 0 fully saturated rings. The smallest absolute Gasteiger partial charge is 0.132 e. The molecule has 0 radical (unpaired) electrons. The molecular formula is C19H19ClN4OS. The summed E-state index contributed by atoms with van der Waals surface area (Å²) in [5.41, 5.74) is 3.60. The molecule has 1 atom stereocenters. The van der Waals surface area contributed by atoms with Gasteiger partial charge in [-0.1, -0.05) is 23.7 Å². The fourth-order valence-electron chi connectivity index (χ4n) is 3.00. The zero-order valence-corrected chi connectivity index (χ0v) is 16.3. The molecule has 0 saturated carbocycles. The molecule has 0 amide bonds. The van der Waals surface area contributed by atoms with E-state index in [9.17, 15) is 4.79 Å². The van der Waals surface area contributed by atoms with Crippen molar-refractivity contribution in [3.8, 4) is 0 Å². The number of rotatable bonds is 3. The first-order valence-electron chi connectivity index (χ1n) is 8.16. The molecule has 134 valence electrons. The predicted molar refractivity (Wildman–Crippen MR) is 109 cm³/mol. The highest BCUT2D eigenvalue weighted by Crippen LogP contribution is 2.40. The summed E-state index contributed by atoms with van der Waals surface area (Å²) in [6, 6.07) is 6.77. The zero-order chi connectivity index (χ0) is 19.0. The Morgan fingerprint density at radius 2 is 2.00 bits per heavy atom. The number of fused-ring (bicyclic) bond motifs is 1. The highest BCUT2D eigenvalue weighted by molar-refractivity contribution is 7.17. The maximum Gasteiger partial charge on any atom is 0.132 e. The van der Waals surface area contributed by atoms with Crippen molar-refractivity contribution >= 4 is 51.6 Å². The van der Waals surface area contributed by atoms with Crippen LogP contribution in [0.5, 0.6) is 0 Å². The topological polar surface area (TPSA) is 80.4 Å². The lowest BCUT2D eigenvalue weighted by atomic mass is 10.00. The molecule has 1 aromatic carbocycles. The van der Waals surface area contributed by atoms with Crippen LogP contribution in [0, 0.1) is 24.7 Å². The molecule has 5 nitrogen and oxygen atoms in total. The van der Waals surface area contributed by atoms with E-state index in [1.165, 1.54) is 0 Å². The summed E-state index contributed by atoms with van der Waals surface area (Å²) in [5, 5.41) is 18.2. The first-order chi connectivity index (χ1) is 12.3. The van der Waals surface area contributed by atoms with Crippen LogP contribution in [-0.4, -0.2) is 29.7 Å². The second-order valence-electron chi connectivity index (χ2n) is 6.17. The van der Waals surface area contributed by atoms with Crippen molar-refractivity contribution < 1.29 is 4.79 Å². The largest absolute Gasteiger partial charge is 0.303 e. The van der Waals surface area contributed by atoms with Gasteiger partial charge in [-0.3, -0.25) is 20.7 Å². The van der Waals surface area contributed by atoms with E-state index in [1.807, 2.05) is 26.0 Å². The Morgan fingerprint density at radius 1 is 1.35 bits per heavy atom. The van der Waals surface area contributed by atoms with Crippen LogP contribution in [0.15, 0.2) is 29.3 Å². The maximum atomic E-state index is 11.2. The van der Waals surface area contributed by atoms with Crippen molar-refractivity contribution in [1.82, 2.24) is 0 Å². The van der Waals surface area contributed by atoms with E-state index in [1.54, 1.807) is 35.3 Å². The summed E-state index contributed by atoms with van der Waals surface area (Å²) in [6.07, 6.45) is 0.879. The first kappa shape index (κ1) is 18.5. The van der Waals surface area contributed by atoms with Gasteiger partial charge < -0.3 is 4.79 Å². The second kappa shape index (κ2) is 7.13. The number of nitrogens with one attached hydrogen (secondary N) is 2. The van der Waals surface area contributed by atoms with Crippen molar-refractivity contribution in [2.24, 2.45) is 4.99 Å². The van der Waals surface area contributed by atoms with Gasteiger partial charge in [0.25, 0.3) is 0 Å². The average molecular weight is 387 g/mol. The summed E-state index contributed by atoms with van der Waals surface area (Å²) in [7, 11) is 0. The normalized spacial score (nSPS) is 16.8. The minimum atomic E-state index is -0.627. The number of aliphatic imine (C=N–C) groups is 1. The van der Waals surface area contributed by atoms with E-state index < -0.39 is 6.04 Å². The lowest BCUT2D eigenvalue weighted by Crippen LogP contribution is -2.40. The number of halogens is 1. The second-order valence-corrected chi connectivity index (χ2v) is 7.81. The van der Waals surface area contributed by atoms with Crippen LogP contribution in [0.25, 0.3) is 0 Å². The number of nitrogens with zero attached hydrogens (tertiary/aromatic N) is 2. The maximum absolute atomic E-state index is 11.2. The van der Waals surface area contributed by atoms with Gasteiger partial charge in [0.15, 0.2) is 0 Å². The summed E-state index contributed by atoms with van der Waals surface area (Å²) < 4.78 is 0. The molecule has 7 heteroatoms. The minimum absolute atomic E-state index is 0.104. The first-order valence-corrected chi connectivity index (χ1v) is 9.36. The van der Waals surface area contributed by atoms with Gasteiger partial charge in [-0.15, -0.1) is 11.3 Å². The van der Waals surface area contributed by atoms with Crippen LogP contribution in [0.4, 0.5) is 5.00 Å². The number of hydrogen-bond acceptors (Lipinski definition) is 5. The Kier molecular flexibility index (Phi) is 5.07. The van der Waals surface area contributed by atoms with Crippen LogP contribution < -0.4 is 4.90 Å².